The lowest BCUT2D eigenvalue weighted by Crippen LogP contribution is -2.60. The van der Waals surface area contributed by atoms with Crippen molar-refractivity contribution in [1.29, 1.82) is 0 Å². The highest BCUT2D eigenvalue weighted by molar-refractivity contribution is 7.91. The van der Waals surface area contributed by atoms with Crippen molar-refractivity contribution in [3.05, 3.63) is 48.0 Å². The Morgan fingerprint density at radius 1 is 1.08 bits per heavy atom. The van der Waals surface area contributed by atoms with Crippen LogP contribution < -0.4 is 15.4 Å². The van der Waals surface area contributed by atoms with E-state index in [9.17, 15) is 32.4 Å². The average Bonchev–Trinajstić information content (AvgIpc) is 3.94. The van der Waals surface area contributed by atoms with Crippen molar-refractivity contribution in [3.63, 3.8) is 0 Å². The van der Waals surface area contributed by atoms with E-state index in [1.54, 1.807) is 4.90 Å². The van der Waals surface area contributed by atoms with Crippen molar-refractivity contribution < 1.29 is 37.1 Å². The molecule has 5 aliphatic rings. The van der Waals surface area contributed by atoms with Gasteiger partial charge in [0.05, 0.1) is 11.8 Å². The maximum Gasteiger partial charge on any atom is 0.410 e. The summed E-state index contributed by atoms with van der Waals surface area (Å²) in [5.41, 5.74) is -0.0862. The number of amides is 5. The minimum absolute atomic E-state index is 0.0442. The predicted molar refractivity (Wildman–Crippen MR) is 179 cm³/mol. The van der Waals surface area contributed by atoms with Crippen LogP contribution in [-0.4, -0.2) is 90.0 Å². The van der Waals surface area contributed by atoms with Gasteiger partial charge in [0.25, 0.3) is 5.91 Å². The second-order valence-electron chi connectivity index (χ2n) is 15.4. The lowest BCUT2D eigenvalue weighted by molar-refractivity contribution is -0.144. The van der Waals surface area contributed by atoms with Gasteiger partial charge >= 0.3 is 6.09 Å². The van der Waals surface area contributed by atoms with Crippen LogP contribution in [0, 0.1) is 17.3 Å². The molecule has 5 amide bonds. The number of hydrogen-bond acceptors (Lipinski definition) is 8. The van der Waals surface area contributed by atoms with Crippen LogP contribution in [0.4, 0.5) is 4.79 Å². The van der Waals surface area contributed by atoms with E-state index in [2.05, 4.69) is 21.9 Å². The van der Waals surface area contributed by atoms with Crippen LogP contribution in [0.1, 0.15) is 76.8 Å². The third-order valence-electron chi connectivity index (χ3n) is 10.3. The molecule has 49 heavy (non-hydrogen) atoms. The predicted octanol–water partition coefficient (Wildman–Crippen LogP) is 2.15. The zero-order valence-electron chi connectivity index (χ0n) is 28.4. The first kappa shape index (κ1) is 34.9. The summed E-state index contributed by atoms with van der Waals surface area (Å²) in [6.45, 7) is 9.95. The van der Waals surface area contributed by atoms with Gasteiger partial charge < -0.3 is 25.2 Å². The van der Waals surface area contributed by atoms with Crippen molar-refractivity contribution in [2.45, 2.75) is 108 Å². The van der Waals surface area contributed by atoms with E-state index >= 15 is 0 Å². The number of ether oxygens (including phenoxy) is 1. The second-order valence-corrected chi connectivity index (χ2v) is 17.3. The number of likely N-dealkylation sites (tertiary alicyclic amines) is 1. The van der Waals surface area contributed by atoms with Crippen LogP contribution in [-0.2, 0) is 46.9 Å². The molecule has 266 valence electrons. The first-order valence-electron chi connectivity index (χ1n) is 17.2. The van der Waals surface area contributed by atoms with Gasteiger partial charge in [-0.05, 0) is 61.0 Å². The highest BCUT2D eigenvalue weighted by Crippen LogP contribution is 2.45. The highest BCUT2D eigenvalue weighted by Gasteiger charge is 2.62. The SMILES string of the molecule is C=CC1CC1(NC(=O)C1CC(OC(=O)N2CCc3ccccc3C2)CN1C(=O)C(NC(=O)CC1CC1)C(C)(C)C)C(=O)NS(=O)(=O)C1CC1. The van der Waals surface area contributed by atoms with Crippen LogP contribution in [0.5, 0.6) is 0 Å². The number of fused-ring (bicyclic) bond motifs is 1. The Bertz CT molecular complexity index is 1650. The van der Waals surface area contributed by atoms with E-state index in [1.807, 2.05) is 45.0 Å². The summed E-state index contributed by atoms with van der Waals surface area (Å²) in [5, 5.41) is 5.02. The molecule has 2 aliphatic heterocycles. The lowest BCUT2D eigenvalue weighted by atomic mass is 9.85. The maximum absolute atomic E-state index is 14.3. The Morgan fingerprint density at radius 2 is 1.78 bits per heavy atom. The molecule has 0 spiro atoms. The molecule has 1 aromatic rings. The first-order chi connectivity index (χ1) is 23.1. The number of nitrogens with zero attached hydrogens (tertiary/aromatic N) is 2. The molecule has 5 unspecified atom stereocenters. The molecule has 14 heteroatoms. The summed E-state index contributed by atoms with van der Waals surface area (Å²) in [5.74, 6) is -2.50. The minimum Gasteiger partial charge on any atom is -0.444 e. The third-order valence-corrected chi connectivity index (χ3v) is 12.2. The fraction of sp³-hybridized carbons (Fsp3) is 0.629. The molecule has 2 heterocycles. The molecule has 3 aliphatic carbocycles. The molecule has 5 atom stereocenters. The molecular weight excluding hydrogens is 650 g/mol. The summed E-state index contributed by atoms with van der Waals surface area (Å²) in [6, 6.07) is 5.73. The molecular formula is C35H47N5O8S. The molecule has 6 rings (SSSR count). The molecule has 13 nitrogen and oxygen atoms in total. The fourth-order valence-electron chi connectivity index (χ4n) is 6.88. The normalized spacial score (nSPS) is 27.0. The zero-order valence-corrected chi connectivity index (χ0v) is 29.2. The number of benzene rings is 1. The largest absolute Gasteiger partial charge is 0.444 e. The molecule has 0 bridgehead atoms. The first-order valence-corrected chi connectivity index (χ1v) is 18.8. The van der Waals surface area contributed by atoms with E-state index in [0.29, 0.717) is 44.7 Å². The molecule has 3 saturated carbocycles. The average molecular weight is 698 g/mol. The minimum atomic E-state index is -3.89. The number of rotatable bonds is 11. The topological polar surface area (TPSA) is 171 Å². The van der Waals surface area contributed by atoms with Crippen molar-refractivity contribution in [1.82, 2.24) is 25.2 Å². The molecule has 0 radical (unpaired) electrons. The smallest absolute Gasteiger partial charge is 0.410 e. The quantitative estimate of drug-likeness (QED) is 0.296. The molecule has 0 aromatic heterocycles. The zero-order chi connectivity index (χ0) is 35.3. The Balaban J connectivity index is 1.21. The number of nitrogens with one attached hydrogen (secondary N) is 3. The molecule has 3 N–H and O–H groups in total. The van der Waals surface area contributed by atoms with E-state index < -0.39 is 74.1 Å². The maximum atomic E-state index is 14.3. The Labute approximate surface area is 287 Å². The van der Waals surface area contributed by atoms with Crippen LogP contribution in [0.3, 0.4) is 0 Å². The summed E-state index contributed by atoms with van der Waals surface area (Å²) in [7, 11) is -3.89. The van der Waals surface area contributed by atoms with Crippen molar-refractivity contribution in [2.24, 2.45) is 17.3 Å². The number of carbonyl (C=O) groups is 5. The van der Waals surface area contributed by atoms with Gasteiger partial charge in [0.2, 0.25) is 27.7 Å². The van der Waals surface area contributed by atoms with Crippen molar-refractivity contribution in [2.75, 3.05) is 13.1 Å². The molecule has 4 fully saturated rings. The van der Waals surface area contributed by atoms with E-state index in [1.165, 1.54) is 16.5 Å². The monoisotopic (exact) mass is 697 g/mol. The summed E-state index contributed by atoms with van der Waals surface area (Å²) in [4.78, 5) is 71.0. The van der Waals surface area contributed by atoms with Gasteiger partial charge in [0.1, 0.15) is 23.7 Å². The number of sulfonamides is 1. The van der Waals surface area contributed by atoms with E-state index in [0.717, 1.165) is 18.4 Å². The van der Waals surface area contributed by atoms with Crippen LogP contribution in [0.2, 0.25) is 0 Å². The van der Waals surface area contributed by atoms with Gasteiger partial charge in [-0.25, -0.2) is 13.2 Å². The van der Waals surface area contributed by atoms with Gasteiger partial charge in [-0.2, -0.15) is 0 Å². The number of hydrogen-bond donors (Lipinski definition) is 3. The van der Waals surface area contributed by atoms with Crippen molar-refractivity contribution >= 4 is 39.7 Å². The summed E-state index contributed by atoms with van der Waals surface area (Å²) >= 11 is 0. The molecule has 1 saturated heterocycles. The third kappa shape index (κ3) is 7.63. The highest BCUT2D eigenvalue weighted by atomic mass is 32.2. The Hall–Kier alpha value is -3.94. The van der Waals surface area contributed by atoms with E-state index in [-0.39, 0.29) is 25.3 Å². The molecule has 1 aromatic carbocycles. The van der Waals surface area contributed by atoms with Gasteiger partial charge in [0, 0.05) is 31.8 Å². The van der Waals surface area contributed by atoms with Gasteiger partial charge in [-0.3, -0.25) is 23.9 Å². The van der Waals surface area contributed by atoms with Crippen LogP contribution in [0.15, 0.2) is 36.9 Å². The lowest BCUT2D eigenvalue weighted by Gasteiger charge is -2.35. The Kier molecular flexibility index (Phi) is 9.31. The second kappa shape index (κ2) is 13.1. The van der Waals surface area contributed by atoms with E-state index in [4.69, 9.17) is 4.74 Å². The van der Waals surface area contributed by atoms with Crippen LogP contribution in [0.25, 0.3) is 0 Å². The van der Waals surface area contributed by atoms with Crippen LogP contribution >= 0.6 is 0 Å². The summed E-state index contributed by atoms with van der Waals surface area (Å²) in [6.07, 6.45) is 4.02. The fourth-order valence-corrected chi connectivity index (χ4v) is 8.25. The number of carbonyl (C=O) groups excluding carboxylic acids is 5. The van der Waals surface area contributed by atoms with Gasteiger partial charge in [0.15, 0.2) is 0 Å². The Morgan fingerprint density at radius 3 is 2.39 bits per heavy atom. The van der Waals surface area contributed by atoms with Gasteiger partial charge in [-0.15, -0.1) is 6.58 Å². The summed E-state index contributed by atoms with van der Waals surface area (Å²) < 4.78 is 33.3. The standard InChI is InChI=1S/C35H47N5O8S/c1-5-24-18-35(24,32(44)38-49(46,47)26-12-13-26)37-30(42)27-17-25(48-33(45)39-15-14-22-8-6-7-9-23(22)19-39)20-40(27)31(43)29(34(2,3)4)36-28(41)16-21-10-11-21/h5-9,21,24-27,29H,1,10-20H2,2-4H3,(H,36,41)(H,37,42)(H,38,44). The van der Waals surface area contributed by atoms with Gasteiger partial charge in [-0.1, -0.05) is 51.1 Å². The van der Waals surface area contributed by atoms with Crippen molar-refractivity contribution in [3.8, 4) is 0 Å².